The Hall–Kier alpha value is -4.29. The number of aliphatic hydroxyl groups excluding tert-OH is 1. The molecule has 1 aliphatic heterocycles. The lowest BCUT2D eigenvalue weighted by molar-refractivity contribution is -0.140. The Morgan fingerprint density at radius 3 is 2.38 bits per heavy atom. The van der Waals surface area contributed by atoms with Crippen molar-refractivity contribution in [2.45, 2.75) is 26.1 Å². The van der Waals surface area contributed by atoms with Crippen LogP contribution in [0.25, 0.3) is 5.76 Å². The predicted molar refractivity (Wildman–Crippen MR) is 140 cm³/mol. The van der Waals surface area contributed by atoms with E-state index in [0.717, 1.165) is 11.1 Å². The minimum atomic E-state index is -0.806. The van der Waals surface area contributed by atoms with Crippen molar-refractivity contribution in [2.24, 2.45) is 0 Å². The van der Waals surface area contributed by atoms with Crippen LogP contribution in [-0.2, 0) is 22.7 Å². The monoisotopic (exact) mass is 513 g/mol. The molecule has 1 aromatic heterocycles. The molecule has 1 atom stereocenters. The highest BCUT2D eigenvalue weighted by Crippen LogP contribution is 2.40. The number of ketones is 1. The molecule has 1 saturated heterocycles. The summed E-state index contributed by atoms with van der Waals surface area (Å²) in [7, 11) is 0. The third-order valence-electron chi connectivity index (χ3n) is 6.42. The second-order valence-electron chi connectivity index (χ2n) is 8.80. The fraction of sp³-hybridized carbons (Fsp3) is 0.133. The molecular formula is C30H24ClNO5. The number of carbonyl (C=O) groups excluding carboxylic acids is 2. The quantitative estimate of drug-likeness (QED) is 0.175. The van der Waals surface area contributed by atoms with Crippen molar-refractivity contribution in [2.75, 3.05) is 0 Å². The molecule has 1 unspecified atom stereocenters. The van der Waals surface area contributed by atoms with E-state index in [2.05, 4.69) is 0 Å². The Morgan fingerprint density at radius 1 is 0.973 bits per heavy atom. The number of carbonyl (C=O) groups is 2. The Balaban J connectivity index is 1.47. The van der Waals surface area contributed by atoms with Gasteiger partial charge in [0.15, 0.2) is 0 Å². The summed E-state index contributed by atoms with van der Waals surface area (Å²) in [6, 6.07) is 24.3. The molecule has 1 amide bonds. The van der Waals surface area contributed by atoms with Gasteiger partial charge >= 0.3 is 0 Å². The largest absolute Gasteiger partial charge is 0.507 e. The van der Waals surface area contributed by atoms with Gasteiger partial charge in [-0.3, -0.25) is 9.59 Å². The van der Waals surface area contributed by atoms with Gasteiger partial charge in [-0.15, -0.1) is 0 Å². The lowest BCUT2D eigenvalue weighted by Crippen LogP contribution is -2.29. The Kier molecular flexibility index (Phi) is 6.84. The van der Waals surface area contributed by atoms with E-state index in [9.17, 15) is 14.7 Å². The van der Waals surface area contributed by atoms with Crippen LogP contribution in [0, 0.1) is 6.92 Å². The van der Waals surface area contributed by atoms with Crippen LogP contribution in [0.1, 0.15) is 34.1 Å². The second kappa shape index (κ2) is 10.4. The van der Waals surface area contributed by atoms with E-state index >= 15 is 0 Å². The number of halogens is 1. The summed E-state index contributed by atoms with van der Waals surface area (Å²) in [5.41, 5.74) is 3.27. The molecule has 0 spiro atoms. The number of benzene rings is 3. The van der Waals surface area contributed by atoms with Gasteiger partial charge in [0.1, 0.15) is 23.9 Å². The van der Waals surface area contributed by atoms with Gasteiger partial charge in [0.05, 0.1) is 24.4 Å². The lowest BCUT2D eigenvalue weighted by atomic mass is 9.95. The highest BCUT2D eigenvalue weighted by molar-refractivity contribution is 6.46. The van der Waals surface area contributed by atoms with E-state index in [1.807, 2.05) is 31.2 Å². The van der Waals surface area contributed by atoms with E-state index in [0.29, 0.717) is 34.3 Å². The first-order valence-electron chi connectivity index (χ1n) is 11.8. The zero-order valence-corrected chi connectivity index (χ0v) is 20.8. The van der Waals surface area contributed by atoms with Crippen LogP contribution in [0.2, 0.25) is 5.02 Å². The van der Waals surface area contributed by atoms with Crippen LogP contribution in [0.4, 0.5) is 0 Å². The smallest absolute Gasteiger partial charge is 0.296 e. The zero-order valence-electron chi connectivity index (χ0n) is 20.1. The molecule has 0 aliphatic carbocycles. The Morgan fingerprint density at radius 2 is 1.70 bits per heavy atom. The molecule has 1 N–H and O–H groups in total. The fourth-order valence-electron chi connectivity index (χ4n) is 4.40. The SMILES string of the molecule is Cc1ccccc1COc1ccc(/C(O)=C2\C(=O)C(=O)N(Cc3ccco3)C2c2ccc(Cl)cc2)cc1. The lowest BCUT2D eigenvalue weighted by Gasteiger charge is -2.24. The Bertz CT molecular complexity index is 1460. The maximum Gasteiger partial charge on any atom is 0.296 e. The van der Waals surface area contributed by atoms with E-state index < -0.39 is 17.7 Å². The van der Waals surface area contributed by atoms with E-state index in [1.54, 1.807) is 60.7 Å². The van der Waals surface area contributed by atoms with Crippen molar-refractivity contribution < 1.29 is 23.8 Å². The minimum Gasteiger partial charge on any atom is -0.507 e. The van der Waals surface area contributed by atoms with Crippen LogP contribution in [-0.4, -0.2) is 21.7 Å². The van der Waals surface area contributed by atoms with Crippen LogP contribution in [0.5, 0.6) is 5.75 Å². The summed E-state index contributed by atoms with van der Waals surface area (Å²) in [5.74, 6) is -0.589. The summed E-state index contributed by atoms with van der Waals surface area (Å²) in [6.45, 7) is 2.51. The first-order valence-corrected chi connectivity index (χ1v) is 12.1. The summed E-state index contributed by atoms with van der Waals surface area (Å²) in [4.78, 5) is 27.6. The predicted octanol–water partition coefficient (Wildman–Crippen LogP) is 6.44. The van der Waals surface area contributed by atoms with Crippen LogP contribution in [0.15, 0.2) is 101 Å². The average Bonchev–Trinajstić information content (AvgIpc) is 3.51. The zero-order chi connectivity index (χ0) is 25.9. The van der Waals surface area contributed by atoms with Gasteiger partial charge in [-0.1, -0.05) is 48.0 Å². The molecule has 2 heterocycles. The Labute approximate surface area is 219 Å². The molecule has 0 saturated carbocycles. The van der Waals surface area contributed by atoms with Gasteiger partial charge in [-0.05, 0) is 72.1 Å². The molecule has 186 valence electrons. The number of nitrogens with zero attached hydrogens (tertiary/aromatic N) is 1. The van der Waals surface area contributed by atoms with Crippen molar-refractivity contribution in [1.29, 1.82) is 0 Å². The standard InChI is InChI=1S/C30H24ClNO5/c1-19-5-2-3-6-22(19)18-37-24-14-10-21(11-15-24)28(33)26-27(20-8-12-23(31)13-9-20)32(30(35)29(26)34)17-25-7-4-16-36-25/h2-16,27,33H,17-18H2,1H3/b28-26+. The normalized spacial score (nSPS) is 16.8. The van der Waals surface area contributed by atoms with Gasteiger partial charge in [0.25, 0.3) is 11.7 Å². The van der Waals surface area contributed by atoms with Crippen molar-refractivity contribution in [3.63, 3.8) is 0 Å². The van der Waals surface area contributed by atoms with Crippen molar-refractivity contribution in [1.82, 2.24) is 4.90 Å². The van der Waals surface area contributed by atoms with E-state index in [1.165, 1.54) is 11.2 Å². The molecule has 0 bridgehead atoms. The minimum absolute atomic E-state index is 0.00690. The molecule has 6 nitrogen and oxygen atoms in total. The number of aryl methyl sites for hydroxylation is 1. The van der Waals surface area contributed by atoms with Gasteiger partial charge in [0, 0.05) is 10.6 Å². The van der Waals surface area contributed by atoms with Crippen molar-refractivity contribution >= 4 is 29.1 Å². The number of aliphatic hydroxyl groups is 1. The van der Waals surface area contributed by atoms with Crippen molar-refractivity contribution in [3.8, 4) is 5.75 Å². The van der Waals surface area contributed by atoms with Gasteiger partial charge < -0.3 is 19.2 Å². The van der Waals surface area contributed by atoms with E-state index in [-0.39, 0.29) is 17.9 Å². The molecule has 7 heteroatoms. The highest BCUT2D eigenvalue weighted by Gasteiger charge is 2.46. The summed E-state index contributed by atoms with van der Waals surface area (Å²) in [6.07, 6.45) is 1.51. The first-order chi connectivity index (χ1) is 17.9. The molecule has 3 aromatic carbocycles. The summed E-state index contributed by atoms with van der Waals surface area (Å²) in [5, 5.41) is 11.8. The molecule has 5 rings (SSSR count). The van der Waals surface area contributed by atoms with Gasteiger partial charge in [0.2, 0.25) is 0 Å². The number of hydrogen-bond donors (Lipinski definition) is 1. The second-order valence-corrected chi connectivity index (χ2v) is 9.23. The summed E-state index contributed by atoms with van der Waals surface area (Å²) < 4.78 is 11.3. The van der Waals surface area contributed by atoms with Gasteiger partial charge in [-0.2, -0.15) is 0 Å². The third kappa shape index (κ3) is 5.01. The number of ether oxygens (including phenoxy) is 1. The first kappa shape index (κ1) is 24.4. The number of amides is 1. The van der Waals surface area contributed by atoms with Crippen LogP contribution >= 0.6 is 11.6 Å². The molecule has 1 aliphatic rings. The van der Waals surface area contributed by atoms with Crippen LogP contribution in [0.3, 0.4) is 0 Å². The van der Waals surface area contributed by atoms with E-state index in [4.69, 9.17) is 20.8 Å². The topological polar surface area (TPSA) is 80.0 Å². The fourth-order valence-corrected chi connectivity index (χ4v) is 4.53. The average molecular weight is 514 g/mol. The number of likely N-dealkylation sites (tertiary alicyclic amines) is 1. The van der Waals surface area contributed by atoms with Crippen LogP contribution < -0.4 is 4.74 Å². The van der Waals surface area contributed by atoms with Crippen molar-refractivity contribution in [3.05, 3.63) is 130 Å². The molecule has 37 heavy (non-hydrogen) atoms. The molecule has 1 fully saturated rings. The number of rotatable bonds is 7. The van der Waals surface area contributed by atoms with Gasteiger partial charge in [-0.25, -0.2) is 0 Å². The highest BCUT2D eigenvalue weighted by atomic mass is 35.5. The summed E-state index contributed by atoms with van der Waals surface area (Å²) >= 11 is 6.07. The molecular weight excluding hydrogens is 490 g/mol. The number of hydrogen-bond acceptors (Lipinski definition) is 5. The number of furan rings is 1. The molecule has 4 aromatic rings. The maximum absolute atomic E-state index is 13.2. The number of Topliss-reactive ketones (excluding diaryl/α,β-unsaturated/α-hetero) is 1. The maximum atomic E-state index is 13.2. The third-order valence-corrected chi connectivity index (χ3v) is 6.67. The molecule has 0 radical (unpaired) electrons.